The summed E-state index contributed by atoms with van der Waals surface area (Å²) in [6, 6.07) is 0. The van der Waals surface area contributed by atoms with Gasteiger partial charge in [0.05, 0.1) is 0 Å². The van der Waals surface area contributed by atoms with Crippen molar-refractivity contribution in [1.29, 1.82) is 0 Å². The standard InChI is InChI=1S/C12H21Cl/c1-3-5-6-7-8-9-10-12(4-2)11-13/h3-4,12H,1-2,5-11H2. The third-order valence-electron chi connectivity index (χ3n) is 2.26. The van der Waals surface area contributed by atoms with Crippen molar-refractivity contribution < 1.29 is 0 Å². The van der Waals surface area contributed by atoms with Gasteiger partial charge in [-0.3, -0.25) is 0 Å². The van der Waals surface area contributed by atoms with Crippen LogP contribution in [-0.2, 0) is 0 Å². The Labute approximate surface area is 87.7 Å². The van der Waals surface area contributed by atoms with Crippen LogP contribution in [0.3, 0.4) is 0 Å². The molecule has 76 valence electrons. The predicted molar refractivity (Wildman–Crippen MR) is 62.3 cm³/mol. The SMILES string of the molecule is C=CCCCCCCC(C=C)CCl. The van der Waals surface area contributed by atoms with E-state index in [-0.39, 0.29) is 0 Å². The van der Waals surface area contributed by atoms with Gasteiger partial charge in [-0.15, -0.1) is 24.8 Å². The van der Waals surface area contributed by atoms with Crippen molar-refractivity contribution in [3.8, 4) is 0 Å². The Bertz CT molecular complexity index is 129. The molecule has 1 atom stereocenters. The summed E-state index contributed by atoms with van der Waals surface area (Å²) in [4.78, 5) is 0. The maximum atomic E-state index is 5.75. The first-order valence-electron chi connectivity index (χ1n) is 5.14. The zero-order valence-corrected chi connectivity index (χ0v) is 9.23. The van der Waals surface area contributed by atoms with Crippen LogP contribution in [0.5, 0.6) is 0 Å². The lowest BCUT2D eigenvalue weighted by Crippen LogP contribution is -1.97. The second kappa shape index (κ2) is 9.85. The molecule has 0 N–H and O–H groups in total. The zero-order valence-electron chi connectivity index (χ0n) is 8.47. The fraction of sp³-hybridized carbons (Fsp3) is 0.667. The number of alkyl halides is 1. The number of hydrogen-bond acceptors (Lipinski definition) is 0. The number of rotatable bonds is 9. The molecule has 0 radical (unpaired) electrons. The van der Waals surface area contributed by atoms with E-state index >= 15 is 0 Å². The molecule has 0 saturated carbocycles. The first-order valence-corrected chi connectivity index (χ1v) is 5.68. The summed E-state index contributed by atoms with van der Waals surface area (Å²) in [5.74, 6) is 1.23. The Kier molecular flexibility index (Phi) is 9.68. The van der Waals surface area contributed by atoms with Gasteiger partial charge in [0, 0.05) is 5.88 Å². The van der Waals surface area contributed by atoms with E-state index in [2.05, 4.69) is 13.2 Å². The zero-order chi connectivity index (χ0) is 9.94. The van der Waals surface area contributed by atoms with Gasteiger partial charge in [-0.25, -0.2) is 0 Å². The van der Waals surface area contributed by atoms with E-state index in [1.54, 1.807) is 0 Å². The van der Waals surface area contributed by atoms with Crippen LogP contribution in [0, 0.1) is 5.92 Å². The van der Waals surface area contributed by atoms with Crippen molar-refractivity contribution in [2.45, 2.75) is 38.5 Å². The van der Waals surface area contributed by atoms with Crippen LogP contribution in [0.4, 0.5) is 0 Å². The molecule has 1 heteroatoms. The molecule has 0 aliphatic rings. The van der Waals surface area contributed by atoms with Crippen LogP contribution in [0.25, 0.3) is 0 Å². The van der Waals surface area contributed by atoms with Gasteiger partial charge in [0.1, 0.15) is 0 Å². The lowest BCUT2D eigenvalue weighted by Gasteiger charge is -2.07. The Morgan fingerprint density at radius 3 is 2.31 bits per heavy atom. The quantitative estimate of drug-likeness (QED) is 0.291. The molecular formula is C12H21Cl. The molecule has 0 saturated heterocycles. The third-order valence-corrected chi connectivity index (χ3v) is 2.66. The van der Waals surface area contributed by atoms with Crippen LogP contribution in [0.2, 0.25) is 0 Å². The van der Waals surface area contributed by atoms with E-state index in [4.69, 9.17) is 11.6 Å². The Balaban J connectivity index is 3.14. The van der Waals surface area contributed by atoms with Gasteiger partial charge in [0.2, 0.25) is 0 Å². The lowest BCUT2D eigenvalue weighted by atomic mass is 10.0. The first-order chi connectivity index (χ1) is 6.35. The Morgan fingerprint density at radius 1 is 1.08 bits per heavy atom. The Hall–Kier alpha value is -0.230. The predicted octanol–water partition coefficient (Wildman–Crippen LogP) is 4.55. The molecule has 0 rings (SSSR count). The average molecular weight is 201 g/mol. The third kappa shape index (κ3) is 8.11. The maximum Gasteiger partial charge on any atom is 0.0286 e. The van der Waals surface area contributed by atoms with Crippen molar-refractivity contribution in [3.05, 3.63) is 25.3 Å². The van der Waals surface area contributed by atoms with Crippen LogP contribution in [-0.4, -0.2) is 5.88 Å². The summed E-state index contributed by atoms with van der Waals surface area (Å²) in [6.45, 7) is 7.47. The number of hydrogen-bond donors (Lipinski definition) is 0. The fourth-order valence-electron chi connectivity index (χ4n) is 1.31. The van der Waals surface area contributed by atoms with Gasteiger partial charge in [0.25, 0.3) is 0 Å². The molecule has 0 aromatic carbocycles. The molecule has 0 fully saturated rings. The van der Waals surface area contributed by atoms with Crippen molar-refractivity contribution in [1.82, 2.24) is 0 Å². The van der Waals surface area contributed by atoms with Crippen molar-refractivity contribution >= 4 is 11.6 Å². The monoisotopic (exact) mass is 200 g/mol. The summed E-state index contributed by atoms with van der Waals surface area (Å²) in [5.41, 5.74) is 0. The molecule has 0 bridgehead atoms. The summed E-state index contributed by atoms with van der Waals surface area (Å²) in [7, 11) is 0. The average Bonchev–Trinajstić information content (AvgIpc) is 2.17. The first kappa shape index (κ1) is 12.8. The summed E-state index contributed by atoms with van der Waals surface area (Å²) >= 11 is 5.75. The minimum atomic E-state index is 0.515. The van der Waals surface area contributed by atoms with Gasteiger partial charge in [0.15, 0.2) is 0 Å². The lowest BCUT2D eigenvalue weighted by molar-refractivity contribution is 0.558. The van der Waals surface area contributed by atoms with Crippen molar-refractivity contribution in [2.75, 3.05) is 5.88 Å². The van der Waals surface area contributed by atoms with E-state index in [0.29, 0.717) is 5.92 Å². The largest absolute Gasteiger partial charge is 0.126 e. The van der Waals surface area contributed by atoms with Crippen LogP contribution >= 0.6 is 11.6 Å². The maximum absolute atomic E-state index is 5.75. The van der Waals surface area contributed by atoms with Gasteiger partial charge in [-0.1, -0.05) is 31.4 Å². The van der Waals surface area contributed by atoms with E-state index < -0.39 is 0 Å². The molecular weight excluding hydrogens is 180 g/mol. The highest BCUT2D eigenvalue weighted by Crippen LogP contribution is 2.13. The topological polar surface area (TPSA) is 0 Å². The van der Waals surface area contributed by atoms with Crippen LogP contribution in [0.15, 0.2) is 25.3 Å². The summed E-state index contributed by atoms with van der Waals surface area (Å²) < 4.78 is 0. The molecule has 0 aromatic rings. The number of allylic oxidation sites excluding steroid dienone is 2. The molecule has 0 amide bonds. The highest BCUT2D eigenvalue weighted by atomic mass is 35.5. The molecule has 0 aliphatic carbocycles. The summed E-state index contributed by atoms with van der Waals surface area (Å²) in [5, 5.41) is 0. The number of halogens is 1. The normalized spacial score (nSPS) is 12.4. The van der Waals surface area contributed by atoms with Gasteiger partial charge >= 0.3 is 0 Å². The molecule has 0 heterocycles. The molecule has 0 aromatic heterocycles. The highest BCUT2D eigenvalue weighted by molar-refractivity contribution is 6.18. The fourth-order valence-corrected chi connectivity index (χ4v) is 1.59. The molecule has 0 aliphatic heterocycles. The second-order valence-corrected chi connectivity index (χ2v) is 3.74. The summed E-state index contributed by atoms with van der Waals surface area (Å²) in [6.07, 6.45) is 11.5. The van der Waals surface area contributed by atoms with E-state index in [0.717, 1.165) is 12.3 Å². The van der Waals surface area contributed by atoms with Gasteiger partial charge in [-0.2, -0.15) is 0 Å². The smallest absolute Gasteiger partial charge is 0.0286 e. The highest BCUT2D eigenvalue weighted by Gasteiger charge is 2.00. The molecule has 13 heavy (non-hydrogen) atoms. The van der Waals surface area contributed by atoms with E-state index in [1.807, 2.05) is 12.2 Å². The van der Waals surface area contributed by atoms with Gasteiger partial charge in [-0.05, 0) is 25.2 Å². The van der Waals surface area contributed by atoms with Crippen molar-refractivity contribution in [2.24, 2.45) is 5.92 Å². The molecule has 0 nitrogen and oxygen atoms in total. The number of unbranched alkanes of at least 4 members (excludes halogenated alkanes) is 4. The van der Waals surface area contributed by atoms with Crippen LogP contribution < -0.4 is 0 Å². The second-order valence-electron chi connectivity index (χ2n) is 3.43. The Morgan fingerprint density at radius 2 is 1.77 bits per heavy atom. The van der Waals surface area contributed by atoms with Crippen molar-refractivity contribution in [3.63, 3.8) is 0 Å². The molecule has 1 unspecified atom stereocenters. The van der Waals surface area contributed by atoms with E-state index in [9.17, 15) is 0 Å². The minimum Gasteiger partial charge on any atom is -0.126 e. The molecule has 0 spiro atoms. The minimum absolute atomic E-state index is 0.515. The van der Waals surface area contributed by atoms with E-state index in [1.165, 1.54) is 32.1 Å². The van der Waals surface area contributed by atoms with Gasteiger partial charge < -0.3 is 0 Å². The van der Waals surface area contributed by atoms with Crippen LogP contribution in [0.1, 0.15) is 38.5 Å².